The molecule has 1 saturated heterocycles. The Hall–Kier alpha value is -1.64. The van der Waals surface area contributed by atoms with E-state index < -0.39 is 11.6 Å². The summed E-state index contributed by atoms with van der Waals surface area (Å²) in [5.41, 5.74) is 0.125. The van der Waals surface area contributed by atoms with Crippen molar-refractivity contribution < 1.29 is 23.2 Å². The summed E-state index contributed by atoms with van der Waals surface area (Å²) in [6, 6.07) is 2.09. The molecule has 1 N–H and O–H groups in total. The number of anilines is 1. The Bertz CT molecular complexity index is 762. The fourth-order valence-electron chi connectivity index (χ4n) is 3.13. The maximum absolute atomic E-state index is 14.0. The number of hydrogen-bond donors (Lipinski definition) is 1. The number of carbonyl (C=O) groups excluding carboxylic acids is 1. The lowest BCUT2D eigenvalue weighted by Crippen LogP contribution is -3.14. The second kappa shape index (κ2) is 8.83. The molecule has 0 spiro atoms. The van der Waals surface area contributed by atoms with Crippen LogP contribution in [0, 0.1) is 11.6 Å². The van der Waals surface area contributed by atoms with Crippen LogP contribution in [0.25, 0.3) is 10.2 Å². The Morgan fingerprint density at radius 3 is 2.85 bits per heavy atom. The van der Waals surface area contributed by atoms with E-state index in [-0.39, 0.29) is 11.4 Å². The smallest absolute Gasteiger partial charge is 0.228 e. The number of fused-ring (bicyclic) bond motifs is 1. The Balaban J connectivity index is 1.75. The number of aromatic nitrogens is 1. The molecule has 1 aromatic carbocycles. The summed E-state index contributed by atoms with van der Waals surface area (Å²) in [7, 11) is 0. The monoisotopic (exact) mass is 384 g/mol. The van der Waals surface area contributed by atoms with Crippen LogP contribution in [-0.4, -0.2) is 50.3 Å². The van der Waals surface area contributed by atoms with Gasteiger partial charge in [-0.3, -0.25) is 9.69 Å². The highest BCUT2D eigenvalue weighted by Crippen LogP contribution is 2.31. The molecule has 1 aliphatic rings. The summed E-state index contributed by atoms with van der Waals surface area (Å²) in [4.78, 5) is 19.9. The molecule has 0 aliphatic carbocycles. The minimum atomic E-state index is -0.692. The SMILES string of the molecule is CCCC(=O)N(CCC[NH+]1CCOCC1)c1nc2c(F)cc(F)cc2s1. The van der Waals surface area contributed by atoms with Gasteiger partial charge >= 0.3 is 0 Å². The number of nitrogens with zero attached hydrogens (tertiary/aromatic N) is 2. The fraction of sp³-hybridized carbons (Fsp3) is 0.556. The van der Waals surface area contributed by atoms with E-state index in [9.17, 15) is 13.6 Å². The van der Waals surface area contributed by atoms with E-state index in [1.807, 2.05) is 6.92 Å². The van der Waals surface area contributed by atoms with E-state index >= 15 is 0 Å². The molecule has 0 radical (unpaired) electrons. The molecule has 1 amide bonds. The summed E-state index contributed by atoms with van der Waals surface area (Å²) in [6.07, 6.45) is 1.98. The minimum absolute atomic E-state index is 0.0237. The number of quaternary nitrogens is 1. The molecule has 0 unspecified atom stereocenters. The normalized spacial score (nSPS) is 15.5. The van der Waals surface area contributed by atoms with E-state index in [0.717, 1.165) is 63.1 Å². The van der Waals surface area contributed by atoms with Gasteiger partial charge in [-0.2, -0.15) is 0 Å². The van der Waals surface area contributed by atoms with Gasteiger partial charge in [-0.1, -0.05) is 18.3 Å². The predicted octanol–water partition coefficient (Wildman–Crippen LogP) is 2.01. The molecular weight excluding hydrogens is 360 g/mol. The number of morpholine rings is 1. The van der Waals surface area contributed by atoms with Crippen LogP contribution >= 0.6 is 11.3 Å². The van der Waals surface area contributed by atoms with Crippen LogP contribution in [0.2, 0.25) is 0 Å². The minimum Gasteiger partial charge on any atom is -0.370 e. The average molecular weight is 384 g/mol. The zero-order chi connectivity index (χ0) is 18.5. The molecule has 5 nitrogen and oxygen atoms in total. The van der Waals surface area contributed by atoms with Gasteiger partial charge in [0.25, 0.3) is 0 Å². The maximum atomic E-state index is 14.0. The quantitative estimate of drug-likeness (QED) is 0.795. The first-order chi connectivity index (χ1) is 12.6. The summed E-state index contributed by atoms with van der Waals surface area (Å²) in [6.45, 7) is 6.94. The van der Waals surface area contributed by atoms with Crippen LogP contribution in [-0.2, 0) is 9.53 Å². The van der Waals surface area contributed by atoms with Crippen molar-refractivity contribution >= 4 is 32.6 Å². The second-order valence-corrected chi connectivity index (χ2v) is 7.50. The van der Waals surface area contributed by atoms with Gasteiger partial charge < -0.3 is 9.64 Å². The lowest BCUT2D eigenvalue weighted by atomic mass is 10.2. The summed E-state index contributed by atoms with van der Waals surface area (Å²) in [5, 5.41) is 0.444. The summed E-state index contributed by atoms with van der Waals surface area (Å²) < 4.78 is 33.2. The average Bonchev–Trinajstić information content (AvgIpc) is 3.03. The zero-order valence-electron chi connectivity index (χ0n) is 14.9. The molecule has 142 valence electrons. The van der Waals surface area contributed by atoms with Gasteiger partial charge in [0, 0.05) is 25.5 Å². The van der Waals surface area contributed by atoms with Crippen molar-refractivity contribution in [3.63, 3.8) is 0 Å². The van der Waals surface area contributed by atoms with Crippen molar-refractivity contribution in [2.24, 2.45) is 0 Å². The van der Waals surface area contributed by atoms with E-state index in [4.69, 9.17) is 4.74 Å². The number of nitrogens with one attached hydrogen (secondary N) is 1. The largest absolute Gasteiger partial charge is 0.370 e. The molecule has 1 aliphatic heterocycles. The predicted molar refractivity (Wildman–Crippen MR) is 97.8 cm³/mol. The van der Waals surface area contributed by atoms with Crippen molar-refractivity contribution in [3.8, 4) is 0 Å². The number of carbonyl (C=O) groups is 1. The lowest BCUT2D eigenvalue weighted by molar-refractivity contribution is -0.908. The van der Waals surface area contributed by atoms with Gasteiger partial charge in [0.1, 0.15) is 24.4 Å². The number of halogens is 2. The van der Waals surface area contributed by atoms with Crippen LogP contribution in [0.1, 0.15) is 26.2 Å². The zero-order valence-corrected chi connectivity index (χ0v) is 15.7. The van der Waals surface area contributed by atoms with Gasteiger partial charge in [-0.15, -0.1) is 0 Å². The van der Waals surface area contributed by atoms with Crippen LogP contribution in [0.15, 0.2) is 12.1 Å². The Labute approximate surface area is 155 Å². The number of thiazole rings is 1. The Kier molecular flexibility index (Phi) is 6.50. The van der Waals surface area contributed by atoms with Crippen molar-refractivity contribution in [1.29, 1.82) is 0 Å². The number of ether oxygens (including phenoxy) is 1. The van der Waals surface area contributed by atoms with Crippen LogP contribution in [0.4, 0.5) is 13.9 Å². The number of hydrogen-bond acceptors (Lipinski definition) is 4. The molecule has 8 heteroatoms. The van der Waals surface area contributed by atoms with Gasteiger partial charge in [-0.05, 0) is 12.5 Å². The third-order valence-corrected chi connectivity index (χ3v) is 5.54. The summed E-state index contributed by atoms with van der Waals surface area (Å²) in [5.74, 6) is -1.35. The maximum Gasteiger partial charge on any atom is 0.228 e. The Morgan fingerprint density at radius 2 is 2.12 bits per heavy atom. The van der Waals surface area contributed by atoms with Gasteiger partial charge in [0.15, 0.2) is 10.9 Å². The highest BCUT2D eigenvalue weighted by molar-refractivity contribution is 7.22. The first kappa shape index (κ1) is 19.1. The highest BCUT2D eigenvalue weighted by atomic mass is 32.1. The molecule has 0 saturated carbocycles. The highest BCUT2D eigenvalue weighted by Gasteiger charge is 2.22. The van der Waals surface area contributed by atoms with Crippen LogP contribution < -0.4 is 9.80 Å². The van der Waals surface area contributed by atoms with Crippen LogP contribution in [0.5, 0.6) is 0 Å². The molecule has 2 aromatic rings. The van der Waals surface area contributed by atoms with E-state index in [1.54, 1.807) is 4.90 Å². The van der Waals surface area contributed by atoms with Crippen molar-refractivity contribution in [2.75, 3.05) is 44.3 Å². The van der Waals surface area contributed by atoms with E-state index in [1.165, 1.54) is 11.0 Å². The van der Waals surface area contributed by atoms with Crippen LogP contribution in [0.3, 0.4) is 0 Å². The molecule has 0 atom stereocenters. The Morgan fingerprint density at radius 1 is 1.35 bits per heavy atom. The van der Waals surface area contributed by atoms with E-state index in [0.29, 0.717) is 22.8 Å². The third kappa shape index (κ3) is 4.55. The van der Waals surface area contributed by atoms with Gasteiger partial charge in [0.2, 0.25) is 5.91 Å². The second-order valence-electron chi connectivity index (χ2n) is 6.49. The standard InChI is InChI=1S/C18H23F2N3O2S/c1-2-4-16(24)23(6-3-5-22-7-9-25-10-8-22)18-21-17-14(20)11-13(19)12-15(17)26-18/h11-12H,2-10H2,1H3/p+1. The van der Waals surface area contributed by atoms with Crippen molar-refractivity contribution in [2.45, 2.75) is 26.2 Å². The molecule has 1 fully saturated rings. The molecule has 0 bridgehead atoms. The number of benzene rings is 1. The van der Waals surface area contributed by atoms with Gasteiger partial charge in [0.05, 0.1) is 24.5 Å². The molecule has 2 heterocycles. The van der Waals surface area contributed by atoms with Gasteiger partial charge in [-0.25, -0.2) is 13.8 Å². The molecular formula is C18H24F2N3O2S+. The summed E-state index contributed by atoms with van der Waals surface area (Å²) >= 11 is 1.16. The first-order valence-electron chi connectivity index (χ1n) is 9.05. The molecule has 1 aromatic heterocycles. The van der Waals surface area contributed by atoms with Crippen molar-refractivity contribution in [3.05, 3.63) is 23.8 Å². The van der Waals surface area contributed by atoms with E-state index in [2.05, 4.69) is 4.98 Å². The molecule has 26 heavy (non-hydrogen) atoms. The first-order valence-corrected chi connectivity index (χ1v) is 9.87. The number of rotatable bonds is 7. The fourth-order valence-corrected chi connectivity index (χ4v) is 4.18. The third-order valence-electron chi connectivity index (χ3n) is 4.51. The lowest BCUT2D eigenvalue weighted by Gasteiger charge is -2.25. The van der Waals surface area contributed by atoms with Crippen molar-refractivity contribution in [1.82, 2.24) is 4.98 Å². The molecule has 3 rings (SSSR count). The topological polar surface area (TPSA) is 46.9 Å². The number of amides is 1.